The molecule has 5 rings (SSSR count). The van der Waals surface area contributed by atoms with Gasteiger partial charge in [-0.3, -0.25) is 14.4 Å². The van der Waals surface area contributed by atoms with Crippen LogP contribution in [0, 0.1) is 0 Å². The molecule has 3 amide bonds. The van der Waals surface area contributed by atoms with Crippen molar-refractivity contribution in [3.05, 3.63) is 125 Å². The number of benzene rings is 4. The highest BCUT2D eigenvalue weighted by Gasteiger charge is 2.39. The van der Waals surface area contributed by atoms with Crippen molar-refractivity contribution in [1.82, 2.24) is 0 Å². The lowest BCUT2D eigenvalue weighted by molar-refractivity contribution is -0.120. The lowest BCUT2D eigenvalue weighted by atomic mass is 10.2. The van der Waals surface area contributed by atoms with E-state index in [1.165, 1.54) is 31.4 Å². The number of nitrogens with one attached hydrogen (secondary N) is 2. The number of hydrogen-bond acceptors (Lipinski definition) is 7. The fourth-order valence-corrected chi connectivity index (χ4v) is 4.21. The Kier molecular flexibility index (Phi) is 7.80. The van der Waals surface area contributed by atoms with Crippen LogP contribution in [-0.4, -0.2) is 30.8 Å². The summed E-state index contributed by atoms with van der Waals surface area (Å²) in [6, 6.07) is 28.5. The Morgan fingerprint density at radius 2 is 1.29 bits per heavy atom. The number of para-hydroxylation sites is 1. The van der Waals surface area contributed by atoms with Crippen LogP contribution >= 0.6 is 11.6 Å². The zero-order valence-corrected chi connectivity index (χ0v) is 22.3. The number of anilines is 3. The zero-order valence-electron chi connectivity index (χ0n) is 21.6. The molecule has 9 nitrogen and oxygen atoms in total. The summed E-state index contributed by atoms with van der Waals surface area (Å²) in [5.74, 6) is -0.902. The number of methoxy groups -OCH3 is 1. The molecular formula is C31H22ClN3O6. The van der Waals surface area contributed by atoms with E-state index in [0.29, 0.717) is 28.4 Å². The zero-order chi connectivity index (χ0) is 28.9. The first-order chi connectivity index (χ1) is 19.8. The van der Waals surface area contributed by atoms with Crippen molar-refractivity contribution in [1.29, 1.82) is 0 Å². The second-order valence-electron chi connectivity index (χ2n) is 8.77. The SMILES string of the molecule is COC(=O)c1ccc(N2C(=O)C(Cl)=C(Nc3ccc(C(=O)Nc4ccc(Oc5ccccc5)cc4)cc3)C2=O)cc1. The maximum Gasteiger partial charge on any atom is 0.337 e. The molecule has 0 unspecified atom stereocenters. The second-order valence-corrected chi connectivity index (χ2v) is 9.15. The number of hydrogen-bond donors (Lipinski definition) is 2. The summed E-state index contributed by atoms with van der Waals surface area (Å²) in [5.41, 5.74) is 1.82. The van der Waals surface area contributed by atoms with E-state index in [1.807, 2.05) is 30.3 Å². The number of carbonyl (C=O) groups is 4. The standard InChI is InChI=1S/C31H22ClN3O6/c1-40-31(39)20-9-15-23(16-10-20)35-29(37)26(32)27(30(35)38)33-21-11-7-19(8-12-21)28(36)34-22-13-17-25(18-14-22)41-24-5-3-2-4-6-24/h2-18,33H,1H3,(H,34,36). The predicted molar refractivity (Wildman–Crippen MR) is 154 cm³/mol. The van der Waals surface area contributed by atoms with Crippen molar-refractivity contribution in [2.75, 3.05) is 22.6 Å². The van der Waals surface area contributed by atoms with Crippen molar-refractivity contribution in [3.63, 3.8) is 0 Å². The van der Waals surface area contributed by atoms with Crippen LogP contribution < -0.4 is 20.3 Å². The smallest absolute Gasteiger partial charge is 0.337 e. The third-order valence-electron chi connectivity index (χ3n) is 6.08. The van der Waals surface area contributed by atoms with E-state index >= 15 is 0 Å². The monoisotopic (exact) mass is 567 g/mol. The molecule has 0 radical (unpaired) electrons. The fourth-order valence-electron chi connectivity index (χ4n) is 3.99. The molecule has 1 heterocycles. The molecule has 0 saturated carbocycles. The van der Waals surface area contributed by atoms with Gasteiger partial charge in [-0.25, -0.2) is 9.69 Å². The minimum absolute atomic E-state index is 0.108. The minimum Gasteiger partial charge on any atom is -0.465 e. The van der Waals surface area contributed by atoms with Crippen LogP contribution in [-0.2, 0) is 14.3 Å². The molecule has 0 aliphatic carbocycles. The van der Waals surface area contributed by atoms with Crippen LogP contribution in [0.5, 0.6) is 11.5 Å². The summed E-state index contributed by atoms with van der Waals surface area (Å²) in [6.07, 6.45) is 0. The average Bonchev–Trinajstić information content (AvgIpc) is 3.21. The summed E-state index contributed by atoms with van der Waals surface area (Å²) in [5, 5.41) is 5.40. The van der Waals surface area contributed by atoms with Crippen molar-refractivity contribution >= 4 is 52.4 Å². The van der Waals surface area contributed by atoms with Crippen molar-refractivity contribution < 1.29 is 28.7 Å². The Morgan fingerprint density at radius 1 is 0.707 bits per heavy atom. The average molecular weight is 568 g/mol. The Morgan fingerprint density at radius 3 is 1.93 bits per heavy atom. The molecule has 1 aliphatic rings. The minimum atomic E-state index is -0.707. The van der Waals surface area contributed by atoms with Gasteiger partial charge in [-0.1, -0.05) is 29.8 Å². The van der Waals surface area contributed by atoms with Gasteiger partial charge in [0, 0.05) is 16.9 Å². The molecule has 0 spiro atoms. The molecule has 0 atom stereocenters. The number of esters is 1. The van der Waals surface area contributed by atoms with Gasteiger partial charge in [0.1, 0.15) is 22.2 Å². The quantitative estimate of drug-likeness (QED) is 0.200. The molecule has 0 bridgehead atoms. The molecule has 0 aromatic heterocycles. The summed E-state index contributed by atoms with van der Waals surface area (Å²) in [4.78, 5) is 51.1. The summed E-state index contributed by atoms with van der Waals surface area (Å²) >= 11 is 6.21. The molecule has 0 fully saturated rings. The second kappa shape index (κ2) is 11.8. The summed E-state index contributed by atoms with van der Waals surface area (Å²) < 4.78 is 10.4. The number of nitrogens with zero attached hydrogens (tertiary/aromatic N) is 1. The topological polar surface area (TPSA) is 114 Å². The Balaban J connectivity index is 1.21. The number of amides is 3. The molecule has 41 heavy (non-hydrogen) atoms. The van der Waals surface area contributed by atoms with E-state index in [9.17, 15) is 19.2 Å². The van der Waals surface area contributed by atoms with E-state index in [-0.39, 0.29) is 27.9 Å². The van der Waals surface area contributed by atoms with E-state index in [2.05, 4.69) is 15.4 Å². The molecule has 204 valence electrons. The Hall–Kier alpha value is -5.41. The number of imide groups is 1. The van der Waals surface area contributed by atoms with Crippen LogP contribution in [0.15, 0.2) is 114 Å². The summed E-state index contributed by atoms with van der Waals surface area (Å²) in [6.45, 7) is 0. The van der Waals surface area contributed by atoms with Gasteiger partial charge in [0.2, 0.25) is 0 Å². The lowest BCUT2D eigenvalue weighted by Crippen LogP contribution is -2.32. The maximum absolute atomic E-state index is 13.0. The molecular weight excluding hydrogens is 546 g/mol. The highest BCUT2D eigenvalue weighted by Crippen LogP contribution is 2.30. The van der Waals surface area contributed by atoms with Gasteiger partial charge >= 0.3 is 5.97 Å². The van der Waals surface area contributed by atoms with Gasteiger partial charge in [-0.05, 0) is 84.9 Å². The third kappa shape index (κ3) is 5.95. The highest BCUT2D eigenvalue weighted by molar-refractivity contribution is 6.53. The largest absolute Gasteiger partial charge is 0.465 e. The van der Waals surface area contributed by atoms with Crippen LogP contribution in [0.25, 0.3) is 0 Å². The molecule has 0 saturated heterocycles. The Bertz CT molecular complexity index is 1650. The van der Waals surface area contributed by atoms with Gasteiger partial charge in [0.15, 0.2) is 0 Å². The van der Waals surface area contributed by atoms with Gasteiger partial charge in [-0.15, -0.1) is 0 Å². The lowest BCUT2D eigenvalue weighted by Gasteiger charge is -2.15. The number of halogens is 1. The molecule has 4 aromatic rings. The summed E-state index contributed by atoms with van der Waals surface area (Å²) in [7, 11) is 1.26. The highest BCUT2D eigenvalue weighted by atomic mass is 35.5. The van der Waals surface area contributed by atoms with Crippen LogP contribution in [0.3, 0.4) is 0 Å². The first kappa shape index (κ1) is 27.2. The number of carbonyl (C=O) groups excluding carboxylic acids is 4. The molecule has 4 aromatic carbocycles. The van der Waals surface area contributed by atoms with Gasteiger partial charge in [0.05, 0.1) is 18.4 Å². The van der Waals surface area contributed by atoms with Crippen molar-refractivity contribution in [2.24, 2.45) is 0 Å². The molecule has 1 aliphatic heterocycles. The fraction of sp³-hybridized carbons (Fsp3) is 0.0323. The maximum atomic E-state index is 13.0. The van der Waals surface area contributed by atoms with E-state index in [0.717, 1.165) is 4.90 Å². The first-order valence-corrected chi connectivity index (χ1v) is 12.7. The van der Waals surface area contributed by atoms with Crippen LogP contribution in [0.1, 0.15) is 20.7 Å². The van der Waals surface area contributed by atoms with Crippen molar-refractivity contribution in [3.8, 4) is 11.5 Å². The van der Waals surface area contributed by atoms with Crippen molar-refractivity contribution in [2.45, 2.75) is 0 Å². The van der Waals surface area contributed by atoms with Crippen LogP contribution in [0.4, 0.5) is 17.1 Å². The predicted octanol–water partition coefficient (Wildman–Crippen LogP) is 5.95. The van der Waals surface area contributed by atoms with E-state index in [4.69, 9.17) is 16.3 Å². The van der Waals surface area contributed by atoms with E-state index in [1.54, 1.807) is 48.5 Å². The Labute approximate surface area is 239 Å². The van der Waals surface area contributed by atoms with Gasteiger partial charge in [0.25, 0.3) is 17.7 Å². The third-order valence-corrected chi connectivity index (χ3v) is 6.43. The first-order valence-electron chi connectivity index (χ1n) is 12.3. The normalized spacial score (nSPS) is 12.8. The molecule has 2 N–H and O–H groups in total. The van der Waals surface area contributed by atoms with Crippen LogP contribution in [0.2, 0.25) is 0 Å². The van der Waals surface area contributed by atoms with E-state index < -0.39 is 17.8 Å². The molecule has 10 heteroatoms. The number of rotatable bonds is 8. The van der Waals surface area contributed by atoms with Gasteiger partial charge in [-0.2, -0.15) is 0 Å². The number of ether oxygens (including phenoxy) is 2. The van der Waals surface area contributed by atoms with Gasteiger partial charge < -0.3 is 20.1 Å².